The second-order valence-corrected chi connectivity index (χ2v) is 6.73. The molecule has 0 N–H and O–H groups in total. The van der Waals surface area contributed by atoms with Gasteiger partial charge in [-0.15, -0.1) is 0 Å². The third-order valence-electron chi connectivity index (χ3n) is 4.98. The van der Waals surface area contributed by atoms with Crippen molar-refractivity contribution in [3.63, 3.8) is 0 Å². The predicted octanol–water partition coefficient (Wildman–Crippen LogP) is 5.48. The third-order valence-corrected chi connectivity index (χ3v) is 4.98. The summed E-state index contributed by atoms with van der Waals surface area (Å²) in [4.78, 5) is 11.9. The second kappa shape index (κ2) is 5.59. The largest absolute Gasteiger partial charge is 0.464 e. The minimum Gasteiger partial charge on any atom is -0.464 e. The molecule has 0 saturated heterocycles. The molecule has 0 amide bonds. The van der Waals surface area contributed by atoms with Gasteiger partial charge in [0, 0.05) is 0 Å². The normalized spacial score (nSPS) is 18.8. The number of aryl methyl sites for hydroxylation is 2. The van der Waals surface area contributed by atoms with E-state index in [-0.39, 0.29) is 11.2 Å². The van der Waals surface area contributed by atoms with Crippen LogP contribution in [-0.2, 0) is 5.41 Å². The molecular formula is C23H20O2. The Morgan fingerprint density at radius 1 is 0.960 bits per heavy atom. The van der Waals surface area contributed by atoms with E-state index in [9.17, 15) is 4.79 Å². The molecule has 0 aliphatic heterocycles. The number of furan rings is 1. The van der Waals surface area contributed by atoms with E-state index in [1.165, 1.54) is 16.7 Å². The topological polar surface area (TPSA) is 30.2 Å². The molecule has 4 rings (SSSR count). The van der Waals surface area contributed by atoms with Gasteiger partial charge in [-0.05, 0) is 43.5 Å². The summed E-state index contributed by atoms with van der Waals surface area (Å²) in [5.74, 6) is 1.53. The molecule has 1 aliphatic rings. The van der Waals surface area contributed by atoms with Crippen molar-refractivity contribution in [3.8, 4) is 0 Å². The summed E-state index contributed by atoms with van der Waals surface area (Å²) in [7, 11) is 0. The lowest BCUT2D eigenvalue weighted by molar-refractivity contribution is 0.101. The molecule has 2 aromatic carbocycles. The average molecular weight is 328 g/mol. The molecular weight excluding hydrogens is 308 g/mol. The van der Waals surface area contributed by atoms with Crippen molar-refractivity contribution in [2.45, 2.75) is 26.2 Å². The summed E-state index contributed by atoms with van der Waals surface area (Å²) < 4.78 is 6.06. The highest BCUT2D eigenvalue weighted by Gasteiger charge is 2.50. The Hall–Kier alpha value is -2.87. The van der Waals surface area contributed by atoms with E-state index in [1.807, 2.05) is 31.2 Å². The molecule has 2 nitrogen and oxygen atoms in total. The first-order valence-electron chi connectivity index (χ1n) is 8.50. The molecule has 1 atom stereocenters. The Balaban J connectivity index is 1.84. The number of Topliss-reactive ketones (excluding diaryl/α,β-unsaturated/α-hetero) is 1. The molecule has 0 fully saturated rings. The van der Waals surface area contributed by atoms with Crippen molar-refractivity contribution in [2.24, 2.45) is 0 Å². The van der Waals surface area contributed by atoms with Gasteiger partial charge in [0.2, 0.25) is 0 Å². The van der Waals surface area contributed by atoms with Gasteiger partial charge >= 0.3 is 0 Å². The number of ketones is 1. The quantitative estimate of drug-likeness (QED) is 0.593. The Labute approximate surface area is 147 Å². The van der Waals surface area contributed by atoms with E-state index in [0.29, 0.717) is 11.3 Å². The van der Waals surface area contributed by atoms with E-state index >= 15 is 0 Å². The zero-order valence-corrected chi connectivity index (χ0v) is 14.7. The molecule has 0 spiro atoms. The predicted molar refractivity (Wildman–Crippen MR) is 99.8 cm³/mol. The Morgan fingerprint density at radius 2 is 1.64 bits per heavy atom. The highest BCUT2D eigenvalue weighted by atomic mass is 16.3. The lowest BCUT2D eigenvalue weighted by Crippen LogP contribution is -2.12. The van der Waals surface area contributed by atoms with E-state index in [2.05, 4.69) is 49.4 Å². The number of carbonyl (C=O) groups is 1. The highest BCUT2D eigenvalue weighted by Crippen LogP contribution is 2.57. The number of carbonyl (C=O) groups excluding carboxylic acids is 1. The maximum atomic E-state index is 11.9. The molecule has 25 heavy (non-hydrogen) atoms. The van der Waals surface area contributed by atoms with Crippen LogP contribution in [0.3, 0.4) is 0 Å². The monoisotopic (exact) mass is 328 g/mol. The van der Waals surface area contributed by atoms with Gasteiger partial charge in [-0.3, -0.25) is 4.79 Å². The fourth-order valence-electron chi connectivity index (χ4n) is 3.54. The van der Waals surface area contributed by atoms with Crippen molar-refractivity contribution >= 4 is 11.4 Å². The van der Waals surface area contributed by atoms with Crippen LogP contribution in [0.1, 0.15) is 45.5 Å². The van der Waals surface area contributed by atoms with Gasteiger partial charge < -0.3 is 4.42 Å². The van der Waals surface area contributed by atoms with Gasteiger partial charge in [0.15, 0.2) is 5.78 Å². The number of rotatable bonds is 4. The number of hydrogen-bond donors (Lipinski definition) is 0. The van der Waals surface area contributed by atoms with E-state index < -0.39 is 0 Å². The molecule has 1 heterocycles. The third kappa shape index (κ3) is 2.45. The molecule has 0 radical (unpaired) electrons. The standard InChI is InChI=1S/C23H20O2/c1-15-9-11-18(12-10-15)21-14-23(21,19-7-5-4-6-8-19)22-13-20(16(2)24)17(3)25-22/h4-14H,1-3H3. The Bertz CT molecular complexity index is 975. The fourth-order valence-corrected chi connectivity index (χ4v) is 3.54. The molecule has 1 aliphatic carbocycles. The molecule has 0 saturated carbocycles. The van der Waals surface area contributed by atoms with E-state index in [1.54, 1.807) is 6.92 Å². The maximum absolute atomic E-state index is 11.9. The molecule has 1 unspecified atom stereocenters. The summed E-state index contributed by atoms with van der Waals surface area (Å²) in [6, 6.07) is 20.8. The van der Waals surface area contributed by atoms with Crippen LogP contribution < -0.4 is 0 Å². The van der Waals surface area contributed by atoms with E-state index in [0.717, 1.165) is 11.3 Å². The highest BCUT2D eigenvalue weighted by molar-refractivity contribution is 5.98. The summed E-state index contributed by atoms with van der Waals surface area (Å²) in [5.41, 5.74) is 5.09. The maximum Gasteiger partial charge on any atom is 0.163 e. The van der Waals surface area contributed by atoms with Gasteiger partial charge in [0.05, 0.1) is 11.0 Å². The first-order valence-corrected chi connectivity index (χ1v) is 8.50. The minimum absolute atomic E-state index is 0.0354. The smallest absolute Gasteiger partial charge is 0.163 e. The second-order valence-electron chi connectivity index (χ2n) is 6.73. The zero-order chi connectivity index (χ0) is 17.6. The van der Waals surface area contributed by atoms with Crippen LogP contribution in [0.4, 0.5) is 0 Å². The van der Waals surface area contributed by atoms with Crippen LogP contribution in [0.2, 0.25) is 0 Å². The van der Waals surface area contributed by atoms with Crippen molar-refractivity contribution in [1.29, 1.82) is 0 Å². The Kier molecular flexibility index (Phi) is 3.50. The number of hydrogen-bond acceptors (Lipinski definition) is 2. The van der Waals surface area contributed by atoms with Crippen LogP contribution >= 0.6 is 0 Å². The Morgan fingerprint density at radius 3 is 2.24 bits per heavy atom. The zero-order valence-electron chi connectivity index (χ0n) is 14.7. The molecule has 3 aromatic rings. The first-order chi connectivity index (χ1) is 12.0. The number of allylic oxidation sites excluding steroid dienone is 2. The summed E-state index contributed by atoms with van der Waals surface area (Å²) in [6.07, 6.45) is 2.23. The van der Waals surface area contributed by atoms with Gasteiger partial charge in [0.25, 0.3) is 0 Å². The van der Waals surface area contributed by atoms with Gasteiger partial charge in [-0.2, -0.15) is 0 Å². The van der Waals surface area contributed by atoms with Crippen LogP contribution in [0.25, 0.3) is 5.57 Å². The summed E-state index contributed by atoms with van der Waals surface area (Å²) >= 11 is 0. The molecule has 2 heteroatoms. The van der Waals surface area contributed by atoms with Crippen LogP contribution in [0.15, 0.2) is 71.2 Å². The van der Waals surface area contributed by atoms with Crippen LogP contribution in [0.5, 0.6) is 0 Å². The SMILES string of the molecule is CC(=O)c1cc(C2(c3ccccc3)C=C2c2ccc(C)cc2)oc1C. The molecule has 124 valence electrons. The molecule has 1 aromatic heterocycles. The fraction of sp³-hybridized carbons (Fsp3) is 0.174. The summed E-state index contributed by atoms with van der Waals surface area (Å²) in [6.45, 7) is 5.52. The lowest BCUT2D eigenvalue weighted by Gasteiger charge is -2.17. The van der Waals surface area contributed by atoms with Crippen molar-refractivity contribution in [2.75, 3.05) is 0 Å². The van der Waals surface area contributed by atoms with Crippen LogP contribution in [-0.4, -0.2) is 5.78 Å². The van der Waals surface area contributed by atoms with Crippen molar-refractivity contribution < 1.29 is 9.21 Å². The van der Waals surface area contributed by atoms with Gasteiger partial charge in [-0.25, -0.2) is 0 Å². The summed E-state index contributed by atoms with van der Waals surface area (Å²) in [5, 5.41) is 0. The lowest BCUT2D eigenvalue weighted by atomic mass is 9.85. The van der Waals surface area contributed by atoms with Gasteiger partial charge in [-0.1, -0.05) is 66.2 Å². The van der Waals surface area contributed by atoms with Crippen LogP contribution in [0, 0.1) is 13.8 Å². The van der Waals surface area contributed by atoms with Crippen molar-refractivity contribution in [3.05, 3.63) is 101 Å². The van der Waals surface area contributed by atoms with Gasteiger partial charge in [0.1, 0.15) is 11.5 Å². The first kappa shape index (κ1) is 15.6. The minimum atomic E-state index is -0.380. The van der Waals surface area contributed by atoms with E-state index in [4.69, 9.17) is 4.42 Å². The number of benzene rings is 2. The van der Waals surface area contributed by atoms with Crippen molar-refractivity contribution in [1.82, 2.24) is 0 Å². The molecule has 0 bridgehead atoms. The average Bonchev–Trinajstić information content (AvgIpc) is 3.24.